The Bertz CT molecular complexity index is 290. The molecule has 3 fully saturated rings. The minimum atomic E-state index is 0.240. The van der Waals surface area contributed by atoms with E-state index in [1.54, 1.807) is 0 Å². The van der Waals surface area contributed by atoms with Crippen LogP contribution in [0, 0.1) is 11.8 Å². The van der Waals surface area contributed by atoms with Gasteiger partial charge in [-0.2, -0.15) is 0 Å². The van der Waals surface area contributed by atoms with Crippen molar-refractivity contribution in [3.63, 3.8) is 0 Å². The average Bonchev–Trinajstić information content (AvgIpc) is 2.74. The van der Waals surface area contributed by atoms with Crippen molar-refractivity contribution < 1.29 is 4.74 Å². The summed E-state index contributed by atoms with van der Waals surface area (Å²) in [6.45, 7) is 0.961. The van der Waals surface area contributed by atoms with E-state index in [1.165, 1.54) is 83.5 Å². The number of hydrogen-bond donors (Lipinski definition) is 1. The van der Waals surface area contributed by atoms with Crippen LogP contribution < -0.4 is 5.73 Å². The molecule has 2 N–H and O–H groups in total. The van der Waals surface area contributed by atoms with E-state index in [2.05, 4.69) is 0 Å². The van der Waals surface area contributed by atoms with Crippen molar-refractivity contribution in [1.29, 1.82) is 0 Å². The highest BCUT2D eigenvalue weighted by molar-refractivity contribution is 4.94. The summed E-state index contributed by atoms with van der Waals surface area (Å²) in [5, 5.41) is 0. The molecule has 1 saturated heterocycles. The van der Waals surface area contributed by atoms with E-state index in [1.807, 2.05) is 0 Å². The molecule has 0 aromatic carbocycles. The summed E-state index contributed by atoms with van der Waals surface area (Å²) >= 11 is 0. The second-order valence-corrected chi connectivity index (χ2v) is 7.75. The van der Waals surface area contributed by atoms with Crippen LogP contribution in [0.1, 0.15) is 83.5 Å². The molecule has 0 aromatic rings. The van der Waals surface area contributed by atoms with Crippen LogP contribution in [-0.2, 0) is 4.74 Å². The van der Waals surface area contributed by atoms with Gasteiger partial charge in [0.25, 0.3) is 0 Å². The van der Waals surface area contributed by atoms with Crippen molar-refractivity contribution in [2.24, 2.45) is 17.6 Å². The predicted molar refractivity (Wildman–Crippen MR) is 83.7 cm³/mol. The largest absolute Gasteiger partial charge is 0.375 e. The van der Waals surface area contributed by atoms with E-state index in [9.17, 15) is 0 Å². The fourth-order valence-electron chi connectivity index (χ4n) is 4.98. The van der Waals surface area contributed by atoms with Crippen LogP contribution in [-0.4, -0.2) is 18.2 Å². The first-order chi connectivity index (χ1) is 9.77. The van der Waals surface area contributed by atoms with E-state index >= 15 is 0 Å². The third kappa shape index (κ3) is 3.57. The first-order valence-corrected chi connectivity index (χ1v) is 9.17. The monoisotopic (exact) mass is 279 g/mol. The highest BCUT2D eigenvalue weighted by atomic mass is 16.5. The van der Waals surface area contributed by atoms with Gasteiger partial charge in [0.15, 0.2) is 0 Å². The van der Waals surface area contributed by atoms with Crippen LogP contribution in [0.2, 0.25) is 0 Å². The summed E-state index contributed by atoms with van der Waals surface area (Å²) in [5.41, 5.74) is 6.87. The highest BCUT2D eigenvalue weighted by Crippen LogP contribution is 2.43. The fraction of sp³-hybridized carbons (Fsp3) is 1.00. The second kappa shape index (κ2) is 6.79. The summed E-state index contributed by atoms with van der Waals surface area (Å²) < 4.78 is 6.16. The first-order valence-electron chi connectivity index (χ1n) is 9.17. The molecule has 3 rings (SSSR count). The average molecular weight is 279 g/mol. The van der Waals surface area contributed by atoms with Gasteiger partial charge in [0.2, 0.25) is 0 Å². The van der Waals surface area contributed by atoms with Gasteiger partial charge in [-0.25, -0.2) is 0 Å². The number of nitrogens with two attached hydrogens (primary N) is 1. The van der Waals surface area contributed by atoms with E-state index in [0.29, 0.717) is 6.04 Å². The van der Waals surface area contributed by atoms with E-state index in [0.717, 1.165) is 18.4 Å². The van der Waals surface area contributed by atoms with Crippen LogP contribution in [0.4, 0.5) is 0 Å². The summed E-state index contributed by atoms with van der Waals surface area (Å²) in [7, 11) is 0. The van der Waals surface area contributed by atoms with Gasteiger partial charge in [-0.1, -0.05) is 51.4 Å². The SMILES string of the molecule is NC(CC1CCCCCC1)C1CCOC2(CCCC2)C1. The third-order valence-electron chi connectivity index (χ3n) is 6.23. The Morgan fingerprint density at radius 2 is 1.65 bits per heavy atom. The Kier molecular flexibility index (Phi) is 5.04. The lowest BCUT2D eigenvalue weighted by atomic mass is 9.77. The molecule has 0 bridgehead atoms. The van der Waals surface area contributed by atoms with Gasteiger partial charge < -0.3 is 10.5 Å². The molecule has 2 unspecified atom stereocenters. The van der Waals surface area contributed by atoms with Crippen molar-refractivity contribution in [3.8, 4) is 0 Å². The number of hydrogen-bond acceptors (Lipinski definition) is 2. The van der Waals surface area contributed by atoms with Crippen LogP contribution in [0.5, 0.6) is 0 Å². The van der Waals surface area contributed by atoms with Crippen molar-refractivity contribution in [3.05, 3.63) is 0 Å². The van der Waals surface area contributed by atoms with Gasteiger partial charge in [-0.05, 0) is 43.9 Å². The molecule has 3 aliphatic rings. The molecule has 0 radical (unpaired) electrons. The maximum atomic E-state index is 6.63. The zero-order valence-corrected chi connectivity index (χ0v) is 13.1. The lowest BCUT2D eigenvalue weighted by Gasteiger charge is -2.41. The van der Waals surface area contributed by atoms with Crippen LogP contribution in [0.3, 0.4) is 0 Å². The summed E-state index contributed by atoms with van der Waals surface area (Å²) in [4.78, 5) is 0. The van der Waals surface area contributed by atoms with Gasteiger partial charge >= 0.3 is 0 Å². The van der Waals surface area contributed by atoms with Crippen molar-refractivity contribution in [1.82, 2.24) is 0 Å². The Labute approximate surface area is 124 Å². The van der Waals surface area contributed by atoms with E-state index in [4.69, 9.17) is 10.5 Å². The van der Waals surface area contributed by atoms with Gasteiger partial charge in [-0.3, -0.25) is 0 Å². The molecule has 20 heavy (non-hydrogen) atoms. The van der Waals surface area contributed by atoms with Crippen molar-refractivity contribution in [2.45, 2.75) is 95.1 Å². The molecular weight excluding hydrogens is 246 g/mol. The molecule has 0 amide bonds. The van der Waals surface area contributed by atoms with Crippen LogP contribution in [0.15, 0.2) is 0 Å². The topological polar surface area (TPSA) is 35.2 Å². The molecule has 1 aliphatic heterocycles. The summed E-state index contributed by atoms with van der Waals surface area (Å²) in [6.07, 6.45) is 17.7. The lowest BCUT2D eigenvalue weighted by molar-refractivity contribution is -0.0970. The van der Waals surface area contributed by atoms with Gasteiger partial charge in [0.1, 0.15) is 0 Å². The second-order valence-electron chi connectivity index (χ2n) is 7.75. The Balaban J connectivity index is 1.52. The summed E-state index contributed by atoms with van der Waals surface area (Å²) in [6, 6.07) is 0.430. The molecule has 116 valence electrons. The van der Waals surface area contributed by atoms with E-state index in [-0.39, 0.29) is 5.60 Å². The Morgan fingerprint density at radius 3 is 2.35 bits per heavy atom. The van der Waals surface area contributed by atoms with Crippen LogP contribution >= 0.6 is 0 Å². The lowest BCUT2D eigenvalue weighted by Crippen LogP contribution is -2.44. The minimum Gasteiger partial charge on any atom is -0.375 e. The fourth-order valence-corrected chi connectivity index (χ4v) is 4.98. The summed E-state index contributed by atoms with van der Waals surface area (Å²) in [5.74, 6) is 1.64. The standard InChI is InChI=1S/C18H33NO/c19-17(13-15-7-3-1-2-4-8-15)16-9-12-20-18(14-16)10-5-6-11-18/h15-17H,1-14,19H2. The van der Waals surface area contributed by atoms with Crippen molar-refractivity contribution in [2.75, 3.05) is 6.61 Å². The maximum absolute atomic E-state index is 6.63. The molecule has 2 nitrogen and oxygen atoms in total. The molecule has 2 heteroatoms. The van der Waals surface area contributed by atoms with Crippen molar-refractivity contribution >= 4 is 0 Å². The first kappa shape index (κ1) is 14.8. The molecular formula is C18H33NO. The Morgan fingerprint density at radius 1 is 0.950 bits per heavy atom. The van der Waals surface area contributed by atoms with Gasteiger partial charge in [0.05, 0.1) is 5.60 Å². The third-order valence-corrected chi connectivity index (χ3v) is 6.23. The molecule has 1 spiro atoms. The normalized spacial score (nSPS) is 33.1. The molecule has 2 atom stereocenters. The Hall–Kier alpha value is -0.0800. The van der Waals surface area contributed by atoms with Crippen LogP contribution in [0.25, 0.3) is 0 Å². The minimum absolute atomic E-state index is 0.240. The zero-order valence-electron chi connectivity index (χ0n) is 13.1. The zero-order chi connectivity index (χ0) is 13.8. The van der Waals surface area contributed by atoms with E-state index < -0.39 is 0 Å². The molecule has 1 heterocycles. The molecule has 2 saturated carbocycles. The highest BCUT2D eigenvalue weighted by Gasteiger charge is 2.41. The predicted octanol–water partition coefficient (Wildman–Crippen LogP) is 4.41. The quantitative estimate of drug-likeness (QED) is 0.776. The van der Waals surface area contributed by atoms with Gasteiger partial charge in [-0.15, -0.1) is 0 Å². The van der Waals surface area contributed by atoms with Gasteiger partial charge in [0, 0.05) is 12.6 Å². The number of ether oxygens (including phenoxy) is 1. The molecule has 0 aromatic heterocycles. The molecule has 2 aliphatic carbocycles. The maximum Gasteiger partial charge on any atom is 0.0685 e. The number of rotatable bonds is 3. The smallest absolute Gasteiger partial charge is 0.0685 e.